The number of amides is 2. The van der Waals surface area contributed by atoms with Crippen LogP contribution in [-0.4, -0.2) is 67.2 Å². The largest absolute Gasteiger partial charge is 0.480 e. The van der Waals surface area contributed by atoms with Gasteiger partial charge in [0.2, 0.25) is 0 Å². The maximum atomic E-state index is 12.1. The summed E-state index contributed by atoms with van der Waals surface area (Å²) in [5, 5.41) is 11.7. The molecule has 0 heterocycles. The molecule has 2 amide bonds. The first kappa shape index (κ1) is 18.7. The SMILES string of the molecule is CC(C)CN(CC(=O)O)C(=O)NCC(C)(C)CN(C)C. The van der Waals surface area contributed by atoms with Crippen LogP contribution in [0.5, 0.6) is 0 Å². The molecule has 118 valence electrons. The molecule has 0 aromatic carbocycles. The Morgan fingerprint density at radius 1 is 1.25 bits per heavy atom. The molecule has 0 atom stereocenters. The Morgan fingerprint density at radius 2 is 1.80 bits per heavy atom. The number of nitrogens with zero attached hydrogens (tertiary/aromatic N) is 2. The highest BCUT2D eigenvalue weighted by Gasteiger charge is 2.23. The van der Waals surface area contributed by atoms with E-state index in [0.717, 1.165) is 6.54 Å². The molecule has 0 aromatic rings. The van der Waals surface area contributed by atoms with Crippen molar-refractivity contribution in [3.63, 3.8) is 0 Å². The minimum absolute atomic E-state index is 0.0636. The van der Waals surface area contributed by atoms with E-state index in [0.29, 0.717) is 13.1 Å². The van der Waals surface area contributed by atoms with Gasteiger partial charge in [-0.15, -0.1) is 0 Å². The molecule has 0 rings (SSSR count). The van der Waals surface area contributed by atoms with Crippen molar-refractivity contribution in [2.24, 2.45) is 11.3 Å². The average molecular weight is 287 g/mol. The Balaban J connectivity index is 4.48. The number of nitrogens with one attached hydrogen (secondary N) is 1. The summed E-state index contributed by atoms with van der Waals surface area (Å²) in [4.78, 5) is 26.3. The number of rotatable bonds is 8. The number of hydrogen-bond acceptors (Lipinski definition) is 3. The zero-order valence-electron chi connectivity index (χ0n) is 13.6. The number of carboxylic acids is 1. The molecular formula is C14H29N3O3. The van der Waals surface area contributed by atoms with Crippen LogP contribution >= 0.6 is 0 Å². The average Bonchev–Trinajstić information content (AvgIpc) is 2.22. The number of carbonyl (C=O) groups is 2. The minimum Gasteiger partial charge on any atom is -0.480 e. The lowest BCUT2D eigenvalue weighted by molar-refractivity contribution is -0.137. The molecule has 0 spiro atoms. The van der Waals surface area contributed by atoms with Gasteiger partial charge in [0.15, 0.2) is 0 Å². The van der Waals surface area contributed by atoms with Crippen LogP contribution in [0.25, 0.3) is 0 Å². The highest BCUT2D eigenvalue weighted by Crippen LogP contribution is 2.14. The monoisotopic (exact) mass is 287 g/mol. The van der Waals surface area contributed by atoms with Crippen LogP contribution in [0.4, 0.5) is 4.79 Å². The van der Waals surface area contributed by atoms with E-state index in [-0.39, 0.29) is 23.9 Å². The molecule has 0 saturated carbocycles. The molecule has 0 aliphatic heterocycles. The van der Waals surface area contributed by atoms with Gasteiger partial charge in [-0.25, -0.2) is 4.79 Å². The third-order valence-electron chi connectivity index (χ3n) is 2.66. The highest BCUT2D eigenvalue weighted by atomic mass is 16.4. The van der Waals surface area contributed by atoms with Crippen molar-refractivity contribution in [1.82, 2.24) is 15.1 Å². The molecule has 0 aliphatic carbocycles. The molecule has 6 heteroatoms. The molecule has 20 heavy (non-hydrogen) atoms. The molecule has 2 N–H and O–H groups in total. The number of hydrogen-bond donors (Lipinski definition) is 2. The van der Waals surface area contributed by atoms with Gasteiger partial charge in [0.05, 0.1) is 0 Å². The first-order valence-corrected chi connectivity index (χ1v) is 6.93. The predicted molar refractivity (Wildman–Crippen MR) is 79.8 cm³/mol. The second-order valence-corrected chi connectivity index (χ2v) is 6.73. The molecule has 0 bridgehead atoms. The van der Waals surface area contributed by atoms with Gasteiger partial charge in [-0.1, -0.05) is 27.7 Å². The summed E-state index contributed by atoms with van der Waals surface area (Å²) in [5.41, 5.74) is -0.0636. The van der Waals surface area contributed by atoms with Crippen molar-refractivity contribution >= 4 is 12.0 Å². The van der Waals surface area contributed by atoms with Gasteiger partial charge in [-0.3, -0.25) is 4.79 Å². The third kappa shape index (κ3) is 8.74. The number of aliphatic carboxylic acids is 1. The quantitative estimate of drug-likeness (QED) is 0.706. The second kappa shape index (κ2) is 8.09. The van der Waals surface area contributed by atoms with Gasteiger partial charge in [0.25, 0.3) is 0 Å². The van der Waals surface area contributed by atoms with Gasteiger partial charge in [0, 0.05) is 19.6 Å². The van der Waals surface area contributed by atoms with E-state index in [9.17, 15) is 9.59 Å². The van der Waals surface area contributed by atoms with Crippen LogP contribution in [0.15, 0.2) is 0 Å². The first-order valence-electron chi connectivity index (χ1n) is 6.93. The standard InChI is InChI=1S/C14H29N3O3/c1-11(2)7-17(8-12(18)19)13(20)15-9-14(3,4)10-16(5)6/h11H,7-10H2,1-6H3,(H,15,20)(H,18,19). The second-order valence-electron chi connectivity index (χ2n) is 6.73. The number of carboxylic acid groups (broad SMARTS) is 1. The molecule has 0 saturated heterocycles. The molecule has 0 unspecified atom stereocenters. The van der Waals surface area contributed by atoms with Gasteiger partial charge in [-0.05, 0) is 25.4 Å². The van der Waals surface area contributed by atoms with Crippen molar-refractivity contribution in [3.8, 4) is 0 Å². The van der Waals surface area contributed by atoms with E-state index >= 15 is 0 Å². The van der Waals surface area contributed by atoms with Gasteiger partial charge in [0.1, 0.15) is 6.54 Å². The molecule has 0 radical (unpaired) electrons. The van der Waals surface area contributed by atoms with Crippen LogP contribution in [0, 0.1) is 11.3 Å². The van der Waals surface area contributed by atoms with Crippen LogP contribution < -0.4 is 5.32 Å². The summed E-state index contributed by atoms with van der Waals surface area (Å²) < 4.78 is 0. The van der Waals surface area contributed by atoms with E-state index in [1.54, 1.807) is 0 Å². The Morgan fingerprint density at radius 3 is 2.20 bits per heavy atom. The van der Waals surface area contributed by atoms with Crippen molar-refractivity contribution in [3.05, 3.63) is 0 Å². The highest BCUT2D eigenvalue weighted by molar-refractivity contribution is 5.80. The molecular weight excluding hydrogens is 258 g/mol. The first-order chi connectivity index (χ1) is 9.03. The summed E-state index contributed by atoms with van der Waals surface area (Å²) in [6, 6.07) is -0.312. The fourth-order valence-electron chi connectivity index (χ4n) is 2.16. The summed E-state index contributed by atoms with van der Waals surface area (Å²) in [6.45, 7) is 9.57. The Kier molecular flexibility index (Phi) is 7.57. The zero-order chi connectivity index (χ0) is 15.9. The Bertz CT molecular complexity index is 328. The summed E-state index contributed by atoms with van der Waals surface area (Å²) in [5.74, 6) is -0.761. The van der Waals surface area contributed by atoms with Crippen molar-refractivity contribution in [2.75, 3.05) is 40.3 Å². The van der Waals surface area contributed by atoms with Gasteiger partial charge >= 0.3 is 12.0 Å². The van der Waals surface area contributed by atoms with E-state index in [2.05, 4.69) is 24.1 Å². The van der Waals surface area contributed by atoms with Crippen LogP contribution in [0.3, 0.4) is 0 Å². The smallest absolute Gasteiger partial charge is 0.323 e. The molecule has 0 aliphatic rings. The lowest BCUT2D eigenvalue weighted by Gasteiger charge is -2.30. The summed E-state index contributed by atoms with van der Waals surface area (Å²) in [6.07, 6.45) is 0. The van der Waals surface area contributed by atoms with Crippen LogP contribution in [0.2, 0.25) is 0 Å². The molecule has 0 fully saturated rings. The van der Waals surface area contributed by atoms with Crippen molar-refractivity contribution < 1.29 is 14.7 Å². The van der Waals surface area contributed by atoms with Gasteiger partial charge in [-0.2, -0.15) is 0 Å². The Labute approximate surface area is 122 Å². The molecule has 6 nitrogen and oxygen atoms in total. The fourth-order valence-corrected chi connectivity index (χ4v) is 2.16. The van der Waals surface area contributed by atoms with E-state index in [1.807, 2.05) is 27.9 Å². The van der Waals surface area contributed by atoms with E-state index in [4.69, 9.17) is 5.11 Å². The lowest BCUT2D eigenvalue weighted by Crippen LogP contribution is -2.48. The van der Waals surface area contributed by atoms with E-state index < -0.39 is 5.97 Å². The minimum atomic E-state index is -0.992. The normalized spacial score (nSPS) is 11.8. The number of carbonyl (C=O) groups excluding carboxylic acids is 1. The van der Waals surface area contributed by atoms with Crippen LogP contribution in [-0.2, 0) is 4.79 Å². The third-order valence-corrected chi connectivity index (χ3v) is 2.66. The maximum absolute atomic E-state index is 12.1. The molecule has 0 aromatic heterocycles. The lowest BCUT2D eigenvalue weighted by atomic mass is 9.93. The summed E-state index contributed by atoms with van der Waals surface area (Å²) in [7, 11) is 3.97. The predicted octanol–water partition coefficient (Wildman–Crippen LogP) is 1.33. The van der Waals surface area contributed by atoms with Gasteiger partial charge < -0.3 is 20.2 Å². The van der Waals surface area contributed by atoms with E-state index in [1.165, 1.54) is 4.90 Å². The van der Waals surface area contributed by atoms with Crippen molar-refractivity contribution in [2.45, 2.75) is 27.7 Å². The van der Waals surface area contributed by atoms with Crippen molar-refractivity contribution in [1.29, 1.82) is 0 Å². The topological polar surface area (TPSA) is 72.9 Å². The zero-order valence-corrected chi connectivity index (χ0v) is 13.6. The fraction of sp³-hybridized carbons (Fsp3) is 0.857. The number of urea groups is 1. The maximum Gasteiger partial charge on any atom is 0.323 e. The summed E-state index contributed by atoms with van der Waals surface area (Å²) >= 11 is 0. The Hall–Kier alpha value is -1.30. The van der Waals surface area contributed by atoms with Crippen LogP contribution in [0.1, 0.15) is 27.7 Å².